The number of carbonyl (C=O) groups is 1. The Labute approximate surface area is 118 Å². The molecule has 100 valence electrons. The van der Waals surface area contributed by atoms with Crippen LogP contribution in [-0.2, 0) is 0 Å². The van der Waals surface area contributed by atoms with E-state index in [1.165, 1.54) is 12.3 Å². The first-order valence-electron chi connectivity index (χ1n) is 5.86. The molecule has 0 amide bonds. The van der Waals surface area contributed by atoms with Crippen molar-refractivity contribution in [2.45, 2.75) is 0 Å². The van der Waals surface area contributed by atoms with Gasteiger partial charge in [0.2, 0.25) is 0 Å². The van der Waals surface area contributed by atoms with Gasteiger partial charge in [-0.05, 0) is 35.9 Å². The number of aromatic nitrogens is 1. The summed E-state index contributed by atoms with van der Waals surface area (Å²) in [5.74, 6) is -1.46. The maximum atomic E-state index is 13.9. The third kappa shape index (κ3) is 2.04. The van der Waals surface area contributed by atoms with E-state index in [1.54, 1.807) is 30.3 Å². The summed E-state index contributed by atoms with van der Waals surface area (Å²) in [5.41, 5.74) is 1.85. The zero-order chi connectivity index (χ0) is 14.3. The Morgan fingerprint density at radius 2 is 2.00 bits per heavy atom. The van der Waals surface area contributed by atoms with Crippen molar-refractivity contribution < 1.29 is 14.3 Å². The summed E-state index contributed by atoms with van der Waals surface area (Å²) in [5, 5.41) is 9.98. The first kappa shape index (κ1) is 12.7. The lowest BCUT2D eigenvalue weighted by Gasteiger charge is -2.05. The number of rotatable bonds is 2. The quantitative estimate of drug-likeness (QED) is 0.738. The molecule has 0 aliphatic heterocycles. The number of hydrogen-bond acceptors (Lipinski definition) is 1. The number of carboxylic acid groups (broad SMARTS) is 1. The number of aromatic carboxylic acids is 1. The van der Waals surface area contributed by atoms with Crippen molar-refractivity contribution in [3.05, 3.63) is 59.0 Å². The molecule has 3 rings (SSSR count). The van der Waals surface area contributed by atoms with Crippen LogP contribution in [0.5, 0.6) is 0 Å². The molecule has 1 aromatic heterocycles. The van der Waals surface area contributed by atoms with Crippen LogP contribution in [-0.4, -0.2) is 16.1 Å². The van der Waals surface area contributed by atoms with Gasteiger partial charge in [-0.25, -0.2) is 9.18 Å². The molecule has 0 fully saturated rings. The third-order valence-corrected chi connectivity index (χ3v) is 3.39. The predicted molar refractivity (Wildman–Crippen MR) is 75.7 cm³/mol. The molecule has 0 saturated heterocycles. The van der Waals surface area contributed by atoms with Crippen LogP contribution in [0.15, 0.2) is 42.6 Å². The standard InChI is InChI=1S/C15H9ClFNO2/c16-9-2-3-10(13(17)6-9)8-1-4-14-11(5-8)12(7-18-14)15(19)20/h1-7,18H,(H,19,20). The molecule has 20 heavy (non-hydrogen) atoms. The number of H-pyrrole nitrogens is 1. The molecule has 0 spiro atoms. The Bertz CT molecular complexity index is 826. The molecule has 2 N–H and O–H groups in total. The van der Waals surface area contributed by atoms with E-state index in [1.807, 2.05) is 0 Å². The van der Waals surface area contributed by atoms with Crippen LogP contribution in [0.25, 0.3) is 22.0 Å². The van der Waals surface area contributed by atoms with Gasteiger partial charge in [-0.1, -0.05) is 17.7 Å². The number of fused-ring (bicyclic) bond motifs is 1. The number of carboxylic acids is 1. The fourth-order valence-electron chi connectivity index (χ4n) is 2.19. The molecule has 0 unspecified atom stereocenters. The fourth-order valence-corrected chi connectivity index (χ4v) is 2.35. The molecular formula is C15H9ClFNO2. The minimum absolute atomic E-state index is 0.163. The van der Waals surface area contributed by atoms with Crippen molar-refractivity contribution in [2.24, 2.45) is 0 Å². The maximum absolute atomic E-state index is 13.9. The number of nitrogens with one attached hydrogen (secondary N) is 1. The molecule has 0 radical (unpaired) electrons. The Morgan fingerprint density at radius 3 is 2.70 bits per heavy atom. The van der Waals surface area contributed by atoms with Crippen LogP contribution in [0, 0.1) is 5.82 Å². The third-order valence-electron chi connectivity index (χ3n) is 3.15. The van der Waals surface area contributed by atoms with Gasteiger partial charge >= 0.3 is 5.97 Å². The topological polar surface area (TPSA) is 53.1 Å². The first-order valence-corrected chi connectivity index (χ1v) is 6.24. The second-order valence-corrected chi connectivity index (χ2v) is 4.83. The Balaban J connectivity index is 2.21. The summed E-state index contributed by atoms with van der Waals surface area (Å²) < 4.78 is 13.9. The number of halogens is 2. The van der Waals surface area contributed by atoms with E-state index in [0.29, 0.717) is 27.1 Å². The Hall–Kier alpha value is -2.33. The van der Waals surface area contributed by atoms with Gasteiger partial charge in [-0.15, -0.1) is 0 Å². The summed E-state index contributed by atoms with van der Waals surface area (Å²) >= 11 is 5.73. The molecule has 0 atom stereocenters. The van der Waals surface area contributed by atoms with Crippen molar-refractivity contribution in [3.63, 3.8) is 0 Å². The molecule has 0 saturated carbocycles. The van der Waals surface area contributed by atoms with Crippen LogP contribution in [0.3, 0.4) is 0 Å². The van der Waals surface area contributed by atoms with E-state index in [0.717, 1.165) is 0 Å². The van der Waals surface area contributed by atoms with E-state index in [9.17, 15) is 9.18 Å². The number of aromatic amines is 1. The molecule has 5 heteroatoms. The van der Waals surface area contributed by atoms with Gasteiger partial charge in [0.25, 0.3) is 0 Å². The van der Waals surface area contributed by atoms with E-state index in [4.69, 9.17) is 16.7 Å². The van der Waals surface area contributed by atoms with Gasteiger partial charge in [0.15, 0.2) is 0 Å². The number of hydrogen-bond donors (Lipinski definition) is 2. The average Bonchev–Trinajstić information content (AvgIpc) is 2.81. The summed E-state index contributed by atoms with van der Waals surface area (Å²) in [4.78, 5) is 14.0. The molecule has 0 bridgehead atoms. The van der Waals surface area contributed by atoms with Crippen LogP contribution < -0.4 is 0 Å². The van der Waals surface area contributed by atoms with Gasteiger partial charge in [-0.3, -0.25) is 0 Å². The van der Waals surface area contributed by atoms with E-state index < -0.39 is 11.8 Å². The van der Waals surface area contributed by atoms with Gasteiger partial charge in [0, 0.05) is 27.7 Å². The van der Waals surface area contributed by atoms with Gasteiger partial charge in [0.1, 0.15) is 5.82 Å². The largest absolute Gasteiger partial charge is 0.478 e. The summed E-state index contributed by atoms with van der Waals surface area (Å²) in [6, 6.07) is 9.52. The zero-order valence-electron chi connectivity index (χ0n) is 10.2. The SMILES string of the molecule is O=C(O)c1c[nH]c2ccc(-c3ccc(Cl)cc3F)cc12. The van der Waals surface area contributed by atoms with Gasteiger partial charge < -0.3 is 10.1 Å². The normalized spacial score (nSPS) is 10.9. The van der Waals surface area contributed by atoms with Gasteiger partial charge in [-0.2, -0.15) is 0 Å². The molecule has 3 aromatic rings. The van der Waals surface area contributed by atoms with Crippen LogP contribution >= 0.6 is 11.6 Å². The first-order chi connectivity index (χ1) is 9.56. The van der Waals surface area contributed by atoms with Crippen molar-refractivity contribution in [1.82, 2.24) is 4.98 Å². The second-order valence-electron chi connectivity index (χ2n) is 4.39. The molecule has 0 aliphatic rings. The van der Waals surface area contributed by atoms with Crippen molar-refractivity contribution in [1.29, 1.82) is 0 Å². The van der Waals surface area contributed by atoms with Crippen molar-refractivity contribution in [2.75, 3.05) is 0 Å². The second kappa shape index (κ2) is 4.65. The van der Waals surface area contributed by atoms with Crippen LogP contribution in [0.1, 0.15) is 10.4 Å². The van der Waals surface area contributed by atoms with Crippen molar-refractivity contribution >= 4 is 28.5 Å². The van der Waals surface area contributed by atoms with Crippen LogP contribution in [0.4, 0.5) is 4.39 Å². The van der Waals surface area contributed by atoms with E-state index in [2.05, 4.69) is 4.98 Å². The minimum atomic E-state index is -1.02. The highest BCUT2D eigenvalue weighted by molar-refractivity contribution is 6.30. The summed E-state index contributed by atoms with van der Waals surface area (Å²) in [7, 11) is 0. The highest BCUT2D eigenvalue weighted by Crippen LogP contribution is 2.29. The molecular weight excluding hydrogens is 281 g/mol. The molecule has 2 aromatic carbocycles. The molecule has 3 nitrogen and oxygen atoms in total. The van der Waals surface area contributed by atoms with Crippen molar-refractivity contribution in [3.8, 4) is 11.1 Å². The maximum Gasteiger partial charge on any atom is 0.337 e. The lowest BCUT2D eigenvalue weighted by Crippen LogP contribution is -1.93. The minimum Gasteiger partial charge on any atom is -0.478 e. The highest BCUT2D eigenvalue weighted by atomic mass is 35.5. The zero-order valence-corrected chi connectivity index (χ0v) is 10.9. The Kier molecular flexibility index (Phi) is 2.95. The fraction of sp³-hybridized carbons (Fsp3) is 0. The van der Waals surface area contributed by atoms with Gasteiger partial charge in [0.05, 0.1) is 5.56 Å². The number of benzene rings is 2. The van der Waals surface area contributed by atoms with Crippen LogP contribution in [0.2, 0.25) is 5.02 Å². The molecule has 1 heterocycles. The lowest BCUT2D eigenvalue weighted by atomic mass is 10.0. The summed E-state index contributed by atoms with van der Waals surface area (Å²) in [6.45, 7) is 0. The molecule has 0 aliphatic carbocycles. The van der Waals surface area contributed by atoms with E-state index >= 15 is 0 Å². The summed E-state index contributed by atoms with van der Waals surface area (Å²) in [6.07, 6.45) is 1.43. The monoisotopic (exact) mass is 289 g/mol. The predicted octanol–water partition coefficient (Wildman–Crippen LogP) is 4.33. The Morgan fingerprint density at radius 1 is 1.20 bits per heavy atom. The average molecular weight is 290 g/mol. The van der Waals surface area contributed by atoms with E-state index in [-0.39, 0.29) is 5.56 Å². The lowest BCUT2D eigenvalue weighted by molar-refractivity contribution is 0.0699. The smallest absolute Gasteiger partial charge is 0.337 e. The highest BCUT2D eigenvalue weighted by Gasteiger charge is 2.12.